The number of carbonyl (C=O) groups is 2. The first-order valence-electron chi connectivity index (χ1n) is 7.87. The zero-order chi connectivity index (χ0) is 17.4. The maximum Gasteiger partial charge on any atom is 0.324 e. The van der Waals surface area contributed by atoms with Gasteiger partial charge in [-0.3, -0.25) is 9.69 Å². The number of guanidine groups is 1. The molecule has 0 bridgehead atoms. The Bertz CT molecular complexity index is 601. The zero-order valence-corrected chi connectivity index (χ0v) is 14.0. The lowest BCUT2D eigenvalue weighted by atomic mass is 10.2. The molecule has 0 aromatic heterocycles. The average molecular weight is 333 g/mol. The number of hydrogen-bond acceptors (Lipinski definition) is 4. The van der Waals surface area contributed by atoms with E-state index in [0.717, 1.165) is 11.3 Å². The Morgan fingerprint density at radius 1 is 1.38 bits per heavy atom. The smallest absolute Gasteiger partial charge is 0.324 e. The predicted molar refractivity (Wildman–Crippen MR) is 90.9 cm³/mol. The van der Waals surface area contributed by atoms with Gasteiger partial charge in [-0.05, 0) is 24.6 Å². The molecule has 1 fully saturated rings. The number of aliphatic imine (C=N–C) groups is 1. The van der Waals surface area contributed by atoms with Crippen LogP contribution < -0.4 is 20.7 Å². The molecule has 0 unspecified atom stereocenters. The third kappa shape index (κ3) is 4.87. The second-order valence-electron chi connectivity index (χ2n) is 5.18. The average Bonchev–Trinajstić information content (AvgIpc) is 2.91. The van der Waals surface area contributed by atoms with Gasteiger partial charge in [-0.15, -0.1) is 0 Å². The third-order valence-electron chi connectivity index (χ3n) is 3.46. The molecule has 0 spiro atoms. The predicted octanol–water partition coefficient (Wildman–Crippen LogP) is 0.302. The van der Waals surface area contributed by atoms with Gasteiger partial charge < -0.3 is 20.7 Å². The molecule has 1 aromatic rings. The van der Waals surface area contributed by atoms with Gasteiger partial charge >= 0.3 is 6.03 Å². The first-order valence-corrected chi connectivity index (χ1v) is 7.87. The van der Waals surface area contributed by atoms with Gasteiger partial charge in [0.05, 0.1) is 20.2 Å². The van der Waals surface area contributed by atoms with Crippen molar-refractivity contribution in [3.05, 3.63) is 29.8 Å². The van der Waals surface area contributed by atoms with Crippen LogP contribution in [0, 0.1) is 0 Å². The molecule has 24 heavy (non-hydrogen) atoms. The summed E-state index contributed by atoms with van der Waals surface area (Å²) in [6, 6.07) is 7.36. The van der Waals surface area contributed by atoms with Crippen LogP contribution in [0.15, 0.2) is 29.3 Å². The molecule has 3 N–H and O–H groups in total. The molecule has 0 aliphatic carbocycles. The minimum absolute atomic E-state index is 0.0723. The normalized spacial score (nSPS) is 14.6. The van der Waals surface area contributed by atoms with E-state index in [-0.39, 0.29) is 18.5 Å². The number of nitrogens with one attached hydrogen (secondary N) is 3. The first-order chi connectivity index (χ1) is 11.6. The van der Waals surface area contributed by atoms with Gasteiger partial charge in [-0.25, -0.2) is 9.79 Å². The first kappa shape index (κ1) is 17.6. The lowest BCUT2D eigenvalue weighted by Crippen LogP contribution is -2.43. The summed E-state index contributed by atoms with van der Waals surface area (Å²) in [5.74, 6) is 1.21. The Balaban J connectivity index is 1.88. The number of benzene rings is 1. The SMILES string of the molecule is CCNC(=NCc1cccc(OC)c1)NCCN1C(=O)CNC1=O. The van der Waals surface area contributed by atoms with E-state index in [9.17, 15) is 9.59 Å². The van der Waals surface area contributed by atoms with Crippen LogP contribution in [0.5, 0.6) is 5.75 Å². The second-order valence-corrected chi connectivity index (χ2v) is 5.18. The molecule has 1 heterocycles. The van der Waals surface area contributed by atoms with Gasteiger partial charge in [0, 0.05) is 19.6 Å². The topological polar surface area (TPSA) is 95.1 Å². The maximum absolute atomic E-state index is 11.5. The van der Waals surface area contributed by atoms with Crippen molar-refractivity contribution >= 4 is 17.9 Å². The Morgan fingerprint density at radius 2 is 2.21 bits per heavy atom. The van der Waals surface area contributed by atoms with Gasteiger partial charge in [0.25, 0.3) is 0 Å². The van der Waals surface area contributed by atoms with Gasteiger partial charge in [0.1, 0.15) is 5.75 Å². The number of ether oxygens (including phenoxy) is 1. The number of imide groups is 1. The summed E-state index contributed by atoms with van der Waals surface area (Å²) < 4.78 is 5.20. The van der Waals surface area contributed by atoms with Crippen LogP contribution in [0.1, 0.15) is 12.5 Å². The molecule has 130 valence electrons. The lowest BCUT2D eigenvalue weighted by Gasteiger charge is -2.15. The maximum atomic E-state index is 11.5. The number of amides is 3. The van der Waals surface area contributed by atoms with Crippen LogP contribution in [0.3, 0.4) is 0 Å². The minimum Gasteiger partial charge on any atom is -0.497 e. The molecule has 0 radical (unpaired) electrons. The van der Waals surface area contributed by atoms with E-state index < -0.39 is 0 Å². The summed E-state index contributed by atoms with van der Waals surface area (Å²) >= 11 is 0. The summed E-state index contributed by atoms with van der Waals surface area (Å²) in [5.41, 5.74) is 1.03. The molecule has 8 heteroatoms. The molecule has 3 amide bonds. The van der Waals surface area contributed by atoms with Crippen molar-refractivity contribution in [2.45, 2.75) is 13.5 Å². The van der Waals surface area contributed by atoms with Crippen LogP contribution in [-0.2, 0) is 11.3 Å². The number of carbonyl (C=O) groups excluding carboxylic acids is 2. The summed E-state index contributed by atoms with van der Waals surface area (Å²) in [6.45, 7) is 3.99. The Hall–Kier alpha value is -2.77. The fraction of sp³-hybridized carbons (Fsp3) is 0.438. The van der Waals surface area contributed by atoms with E-state index in [1.165, 1.54) is 4.90 Å². The van der Waals surface area contributed by atoms with Gasteiger partial charge in [0.2, 0.25) is 5.91 Å². The fourth-order valence-corrected chi connectivity index (χ4v) is 2.25. The molecule has 1 aromatic carbocycles. The summed E-state index contributed by atoms with van der Waals surface area (Å²) in [6.07, 6.45) is 0. The largest absolute Gasteiger partial charge is 0.497 e. The van der Waals surface area contributed by atoms with Crippen molar-refractivity contribution in [2.75, 3.05) is 33.3 Å². The van der Waals surface area contributed by atoms with E-state index in [1.807, 2.05) is 31.2 Å². The van der Waals surface area contributed by atoms with Gasteiger partial charge in [-0.2, -0.15) is 0 Å². The van der Waals surface area contributed by atoms with Crippen LogP contribution in [0.2, 0.25) is 0 Å². The molecule has 1 aliphatic rings. The Kier molecular flexibility index (Phi) is 6.41. The van der Waals surface area contributed by atoms with E-state index in [2.05, 4.69) is 20.9 Å². The van der Waals surface area contributed by atoms with Crippen molar-refractivity contribution in [1.29, 1.82) is 0 Å². The standard InChI is InChI=1S/C16H23N5O3/c1-3-17-15(18-7-8-21-14(22)11-20-16(21)23)19-10-12-5-4-6-13(9-12)24-2/h4-6,9H,3,7-8,10-11H2,1-2H3,(H,20,23)(H2,17,18,19). The van der Waals surface area contributed by atoms with E-state index in [1.54, 1.807) is 7.11 Å². The molecule has 1 saturated heterocycles. The summed E-state index contributed by atoms with van der Waals surface area (Å²) in [7, 11) is 1.63. The van der Waals surface area contributed by atoms with Crippen molar-refractivity contribution < 1.29 is 14.3 Å². The van der Waals surface area contributed by atoms with Crippen molar-refractivity contribution in [2.24, 2.45) is 4.99 Å². The molecule has 8 nitrogen and oxygen atoms in total. The molecule has 0 saturated carbocycles. The number of nitrogens with zero attached hydrogens (tertiary/aromatic N) is 2. The van der Waals surface area contributed by atoms with E-state index in [4.69, 9.17) is 4.74 Å². The fourth-order valence-electron chi connectivity index (χ4n) is 2.25. The van der Waals surface area contributed by atoms with E-state index in [0.29, 0.717) is 32.1 Å². The third-order valence-corrected chi connectivity index (χ3v) is 3.46. The zero-order valence-electron chi connectivity index (χ0n) is 14.0. The number of hydrogen-bond donors (Lipinski definition) is 3. The molecular weight excluding hydrogens is 310 g/mol. The molecule has 1 aliphatic heterocycles. The summed E-state index contributed by atoms with van der Waals surface area (Å²) in [5, 5.41) is 8.75. The highest BCUT2D eigenvalue weighted by molar-refractivity contribution is 6.01. The van der Waals surface area contributed by atoms with Crippen molar-refractivity contribution in [3.63, 3.8) is 0 Å². The van der Waals surface area contributed by atoms with Crippen LogP contribution in [0.4, 0.5) is 4.79 Å². The number of methoxy groups -OCH3 is 1. The number of urea groups is 1. The minimum atomic E-state index is -0.347. The summed E-state index contributed by atoms with van der Waals surface area (Å²) in [4.78, 5) is 28.7. The molecule has 0 atom stereocenters. The van der Waals surface area contributed by atoms with Crippen LogP contribution >= 0.6 is 0 Å². The highest BCUT2D eigenvalue weighted by Gasteiger charge is 2.27. The lowest BCUT2D eigenvalue weighted by molar-refractivity contribution is -0.124. The van der Waals surface area contributed by atoms with Crippen LogP contribution in [0.25, 0.3) is 0 Å². The monoisotopic (exact) mass is 333 g/mol. The Labute approximate surface area is 141 Å². The van der Waals surface area contributed by atoms with Gasteiger partial charge in [0.15, 0.2) is 5.96 Å². The van der Waals surface area contributed by atoms with Crippen molar-refractivity contribution in [3.8, 4) is 5.75 Å². The van der Waals surface area contributed by atoms with E-state index >= 15 is 0 Å². The second kappa shape index (κ2) is 8.76. The van der Waals surface area contributed by atoms with Gasteiger partial charge in [-0.1, -0.05) is 12.1 Å². The molecule has 2 rings (SSSR count). The highest BCUT2D eigenvalue weighted by atomic mass is 16.5. The number of rotatable bonds is 7. The quantitative estimate of drug-likeness (QED) is 0.379. The highest BCUT2D eigenvalue weighted by Crippen LogP contribution is 2.13. The molecular formula is C16H23N5O3. The van der Waals surface area contributed by atoms with Crippen LogP contribution in [-0.4, -0.2) is 56.1 Å². The Morgan fingerprint density at radius 3 is 2.88 bits per heavy atom. The van der Waals surface area contributed by atoms with Crippen molar-refractivity contribution in [1.82, 2.24) is 20.9 Å².